The SMILES string of the molecule is CC(C)COC(=O)c1ccc(C(=O)Oc2cccc(C(F)(F)F)c2F)cc1. The minimum Gasteiger partial charge on any atom is -0.462 e. The molecule has 27 heavy (non-hydrogen) atoms. The Morgan fingerprint density at radius 3 is 2.04 bits per heavy atom. The van der Waals surface area contributed by atoms with Gasteiger partial charge in [0.2, 0.25) is 0 Å². The first-order chi connectivity index (χ1) is 12.6. The van der Waals surface area contributed by atoms with Gasteiger partial charge in [0.15, 0.2) is 11.6 Å². The Kier molecular flexibility index (Phi) is 6.20. The van der Waals surface area contributed by atoms with Crippen molar-refractivity contribution < 1.29 is 36.6 Å². The van der Waals surface area contributed by atoms with Crippen LogP contribution in [0, 0.1) is 11.7 Å². The molecule has 4 nitrogen and oxygen atoms in total. The normalized spacial score (nSPS) is 11.4. The molecule has 0 aromatic heterocycles. The van der Waals surface area contributed by atoms with Crippen molar-refractivity contribution in [2.24, 2.45) is 5.92 Å². The third kappa shape index (κ3) is 5.29. The van der Waals surface area contributed by atoms with E-state index in [9.17, 15) is 27.2 Å². The molecule has 0 unspecified atom stereocenters. The van der Waals surface area contributed by atoms with Crippen LogP contribution in [0.15, 0.2) is 42.5 Å². The number of halogens is 4. The molecule has 2 aromatic carbocycles. The molecule has 0 bridgehead atoms. The number of rotatable bonds is 5. The van der Waals surface area contributed by atoms with Gasteiger partial charge in [-0.15, -0.1) is 0 Å². The summed E-state index contributed by atoms with van der Waals surface area (Å²) in [7, 11) is 0. The zero-order valence-electron chi connectivity index (χ0n) is 14.5. The summed E-state index contributed by atoms with van der Waals surface area (Å²) in [4.78, 5) is 23.8. The molecule has 0 fully saturated rings. The van der Waals surface area contributed by atoms with Gasteiger partial charge in [-0.2, -0.15) is 13.2 Å². The molecular formula is C19H16F4O4. The summed E-state index contributed by atoms with van der Waals surface area (Å²) >= 11 is 0. The Balaban J connectivity index is 2.12. The maximum Gasteiger partial charge on any atom is 0.419 e. The van der Waals surface area contributed by atoms with Crippen LogP contribution in [0.3, 0.4) is 0 Å². The lowest BCUT2D eigenvalue weighted by atomic mass is 10.1. The maximum atomic E-state index is 13.9. The molecule has 0 spiro atoms. The van der Waals surface area contributed by atoms with Gasteiger partial charge in [0.25, 0.3) is 0 Å². The van der Waals surface area contributed by atoms with E-state index < -0.39 is 35.2 Å². The first kappa shape index (κ1) is 20.4. The first-order valence-corrected chi connectivity index (χ1v) is 7.94. The van der Waals surface area contributed by atoms with Gasteiger partial charge >= 0.3 is 18.1 Å². The van der Waals surface area contributed by atoms with Crippen molar-refractivity contribution in [3.05, 3.63) is 65.0 Å². The molecule has 0 amide bonds. The summed E-state index contributed by atoms with van der Waals surface area (Å²) in [6.07, 6.45) is -4.91. The third-order valence-corrected chi connectivity index (χ3v) is 3.38. The van der Waals surface area contributed by atoms with Crippen molar-refractivity contribution in [2.75, 3.05) is 6.61 Å². The van der Waals surface area contributed by atoms with E-state index in [0.717, 1.165) is 12.1 Å². The van der Waals surface area contributed by atoms with Gasteiger partial charge in [0.1, 0.15) is 0 Å². The van der Waals surface area contributed by atoms with Gasteiger partial charge < -0.3 is 9.47 Å². The molecule has 8 heteroatoms. The largest absolute Gasteiger partial charge is 0.462 e. The number of carbonyl (C=O) groups is 2. The van der Waals surface area contributed by atoms with Crippen molar-refractivity contribution in [2.45, 2.75) is 20.0 Å². The van der Waals surface area contributed by atoms with Gasteiger partial charge in [0, 0.05) is 0 Å². The fraction of sp³-hybridized carbons (Fsp3) is 0.263. The van der Waals surface area contributed by atoms with E-state index in [4.69, 9.17) is 9.47 Å². The first-order valence-electron chi connectivity index (χ1n) is 7.94. The van der Waals surface area contributed by atoms with E-state index >= 15 is 0 Å². The van der Waals surface area contributed by atoms with Crippen LogP contribution in [0.2, 0.25) is 0 Å². The summed E-state index contributed by atoms with van der Waals surface area (Å²) in [5, 5.41) is 0. The van der Waals surface area contributed by atoms with Gasteiger partial charge in [-0.1, -0.05) is 19.9 Å². The molecule has 0 atom stereocenters. The minimum absolute atomic E-state index is 0.0628. The second-order valence-corrected chi connectivity index (χ2v) is 6.07. The topological polar surface area (TPSA) is 52.6 Å². The van der Waals surface area contributed by atoms with Crippen LogP contribution >= 0.6 is 0 Å². The number of carbonyl (C=O) groups excluding carboxylic acids is 2. The Hall–Kier alpha value is -2.90. The summed E-state index contributed by atoms with van der Waals surface area (Å²) in [6.45, 7) is 3.98. The number of hydrogen-bond donors (Lipinski definition) is 0. The molecule has 0 radical (unpaired) electrons. The monoisotopic (exact) mass is 384 g/mol. The van der Waals surface area contributed by atoms with Crippen LogP contribution in [0.1, 0.15) is 40.1 Å². The molecule has 0 aliphatic heterocycles. The van der Waals surface area contributed by atoms with E-state index in [2.05, 4.69) is 0 Å². The third-order valence-electron chi connectivity index (χ3n) is 3.38. The van der Waals surface area contributed by atoms with Crippen LogP contribution in [-0.4, -0.2) is 18.5 Å². The molecule has 0 aliphatic rings. The van der Waals surface area contributed by atoms with Crippen LogP contribution in [0.4, 0.5) is 17.6 Å². The molecule has 0 saturated heterocycles. The smallest absolute Gasteiger partial charge is 0.419 e. The molecule has 0 heterocycles. The zero-order valence-corrected chi connectivity index (χ0v) is 14.5. The number of alkyl halides is 3. The van der Waals surface area contributed by atoms with Crippen LogP contribution in [-0.2, 0) is 10.9 Å². The number of benzene rings is 2. The Morgan fingerprint density at radius 2 is 1.52 bits per heavy atom. The van der Waals surface area contributed by atoms with E-state index in [1.165, 1.54) is 24.3 Å². The van der Waals surface area contributed by atoms with Gasteiger partial charge in [-0.3, -0.25) is 0 Å². The summed E-state index contributed by atoms with van der Waals surface area (Å²) in [5.41, 5.74) is -1.40. The Bertz CT molecular complexity index is 827. The Morgan fingerprint density at radius 1 is 0.963 bits per heavy atom. The van der Waals surface area contributed by atoms with Gasteiger partial charge in [0.05, 0.1) is 23.3 Å². The minimum atomic E-state index is -4.91. The van der Waals surface area contributed by atoms with Gasteiger partial charge in [-0.05, 0) is 42.3 Å². The van der Waals surface area contributed by atoms with Crippen molar-refractivity contribution in [1.29, 1.82) is 0 Å². The second-order valence-electron chi connectivity index (χ2n) is 6.07. The second kappa shape index (κ2) is 8.20. The highest BCUT2D eigenvalue weighted by atomic mass is 19.4. The highest BCUT2D eigenvalue weighted by Crippen LogP contribution is 2.34. The number of ether oxygens (including phenoxy) is 2. The summed E-state index contributed by atoms with van der Waals surface area (Å²) < 4.78 is 61.8. The summed E-state index contributed by atoms with van der Waals surface area (Å²) in [5.74, 6) is -3.99. The molecule has 0 saturated carbocycles. The van der Waals surface area contributed by atoms with Crippen molar-refractivity contribution in [3.8, 4) is 5.75 Å². The lowest BCUT2D eigenvalue weighted by molar-refractivity contribution is -0.140. The lowest BCUT2D eigenvalue weighted by Gasteiger charge is -2.11. The molecule has 0 aliphatic carbocycles. The van der Waals surface area contributed by atoms with E-state index in [1.54, 1.807) is 0 Å². The molecule has 0 N–H and O–H groups in total. The van der Waals surface area contributed by atoms with E-state index in [1.807, 2.05) is 13.8 Å². The predicted octanol–water partition coefficient (Wildman–Crippen LogP) is 4.88. The number of hydrogen-bond acceptors (Lipinski definition) is 4. The lowest BCUT2D eigenvalue weighted by Crippen LogP contribution is -2.14. The summed E-state index contributed by atoms with van der Waals surface area (Å²) in [6, 6.07) is 7.48. The molecule has 144 valence electrons. The van der Waals surface area contributed by atoms with Crippen molar-refractivity contribution in [3.63, 3.8) is 0 Å². The fourth-order valence-electron chi connectivity index (χ4n) is 2.04. The molecular weight excluding hydrogens is 368 g/mol. The predicted molar refractivity (Wildman–Crippen MR) is 87.9 cm³/mol. The van der Waals surface area contributed by atoms with E-state index in [-0.39, 0.29) is 23.7 Å². The van der Waals surface area contributed by atoms with Gasteiger partial charge in [-0.25, -0.2) is 14.0 Å². The van der Waals surface area contributed by atoms with Crippen LogP contribution in [0.5, 0.6) is 5.75 Å². The Labute approximate surface area is 152 Å². The number of esters is 2. The maximum absolute atomic E-state index is 13.9. The standard InChI is InChI=1S/C19H16F4O4/c1-11(2)10-26-17(24)12-6-8-13(9-7-12)18(25)27-15-5-3-4-14(16(15)20)19(21,22)23/h3-9,11H,10H2,1-2H3. The van der Waals surface area contributed by atoms with E-state index in [0.29, 0.717) is 6.07 Å². The average Bonchev–Trinajstić information content (AvgIpc) is 2.60. The average molecular weight is 384 g/mol. The molecule has 2 rings (SSSR count). The van der Waals surface area contributed by atoms with Crippen molar-refractivity contribution >= 4 is 11.9 Å². The molecule has 2 aromatic rings. The zero-order chi connectivity index (χ0) is 20.2. The van der Waals surface area contributed by atoms with Crippen LogP contribution in [0.25, 0.3) is 0 Å². The highest BCUT2D eigenvalue weighted by molar-refractivity contribution is 5.94. The van der Waals surface area contributed by atoms with Crippen molar-refractivity contribution in [1.82, 2.24) is 0 Å². The quantitative estimate of drug-likeness (QED) is 0.419. The fourth-order valence-corrected chi connectivity index (χ4v) is 2.04. The highest BCUT2D eigenvalue weighted by Gasteiger charge is 2.35. The van der Waals surface area contributed by atoms with Crippen LogP contribution < -0.4 is 4.74 Å².